The van der Waals surface area contributed by atoms with E-state index in [9.17, 15) is 9.18 Å². The quantitative estimate of drug-likeness (QED) is 0.635. The van der Waals surface area contributed by atoms with Crippen LogP contribution in [0.1, 0.15) is 56.9 Å². The molecular formula is C26H33FN2O2. The molecule has 2 fully saturated rings. The van der Waals surface area contributed by atoms with E-state index in [2.05, 4.69) is 10.2 Å². The Kier molecular flexibility index (Phi) is 7.23. The zero-order valence-electron chi connectivity index (χ0n) is 18.2. The number of carbonyl (C=O) groups is 1. The van der Waals surface area contributed by atoms with E-state index in [-0.39, 0.29) is 11.7 Å². The molecule has 5 heteroatoms. The molecule has 1 saturated heterocycles. The topological polar surface area (TPSA) is 41.6 Å². The molecule has 2 aromatic rings. The van der Waals surface area contributed by atoms with Gasteiger partial charge in [-0.25, -0.2) is 4.39 Å². The second kappa shape index (κ2) is 10.3. The average molecular weight is 425 g/mol. The molecule has 2 aromatic carbocycles. The highest BCUT2D eigenvalue weighted by Crippen LogP contribution is 2.41. The van der Waals surface area contributed by atoms with Crippen LogP contribution in [0.15, 0.2) is 48.5 Å². The first-order valence-corrected chi connectivity index (χ1v) is 11.7. The van der Waals surface area contributed by atoms with Gasteiger partial charge in [-0.1, -0.05) is 43.9 Å². The molecule has 166 valence electrons. The Hall–Kier alpha value is -2.40. The molecule has 4 nitrogen and oxygen atoms in total. The van der Waals surface area contributed by atoms with Crippen molar-refractivity contribution < 1.29 is 13.9 Å². The number of nitrogens with zero attached hydrogens (tertiary/aromatic N) is 1. The Morgan fingerprint density at radius 3 is 2.32 bits per heavy atom. The van der Waals surface area contributed by atoms with E-state index in [4.69, 9.17) is 4.74 Å². The van der Waals surface area contributed by atoms with Gasteiger partial charge >= 0.3 is 0 Å². The van der Waals surface area contributed by atoms with Gasteiger partial charge in [0.25, 0.3) is 0 Å². The molecule has 0 atom stereocenters. The van der Waals surface area contributed by atoms with Crippen molar-refractivity contribution in [1.82, 2.24) is 4.90 Å². The third-order valence-electron chi connectivity index (χ3n) is 6.77. The Morgan fingerprint density at radius 1 is 0.935 bits per heavy atom. The lowest BCUT2D eigenvalue weighted by molar-refractivity contribution is -0.122. The van der Waals surface area contributed by atoms with Crippen molar-refractivity contribution in [3.8, 4) is 5.75 Å². The third kappa shape index (κ3) is 5.27. The zero-order chi connectivity index (χ0) is 21.5. The molecule has 0 radical (unpaired) electrons. The molecule has 1 heterocycles. The van der Waals surface area contributed by atoms with Crippen LogP contribution in [-0.2, 0) is 10.2 Å². The number of ether oxygens (including phenoxy) is 1. The number of halogens is 1. The maximum atomic E-state index is 14.6. The molecule has 1 aliphatic carbocycles. The normalized spacial score (nSPS) is 19.0. The minimum Gasteiger partial charge on any atom is -0.492 e. The van der Waals surface area contributed by atoms with Gasteiger partial charge in [0, 0.05) is 17.8 Å². The fraction of sp³-hybridized carbons (Fsp3) is 0.500. The molecule has 0 unspecified atom stereocenters. The largest absolute Gasteiger partial charge is 0.492 e. The van der Waals surface area contributed by atoms with Gasteiger partial charge in [0.15, 0.2) is 0 Å². The number of carbonyl (C=O) groups excluding carboxylic acids is 1. The predicted octanol–water partition coefficient (Wildman–Crippen LogP) is 5.53. The Balaban J connectivity index is 1.38. The summed E-state index contributed by atoms with van der Waals surface area (Å²) in [5, 5.41) is 3.04. The number of amides is 1. The standard InChI is InChI=1S/C26H33FN2O2/c27-24-10-4-3-9-23(24)26(15-5-1-6-16-26)25(30)28-21-11-13-22(14-12-21)31-20-19-29-17-7-2-8-18-29/h3-4,9-14H,1-2,5-8,15-20H2,(H,28,30). The second-order valence-corrected chi connectivity index (χ2v) is 8.85. The summed E-state index contributed by atoms with van der Waals surface area (Å²) in [6.07, 6.45) is 8.22. The first-order valence-electron chi connectivity index (χ1n) is 11.7. The lowest BCUT2D eigenvalue weighted by atomic mass is 9.68. The van der Waals surface area contributed by atoms with Gasteiger partial charge in [-0.05, 0) is 69.1 Å². The predicted molar refractivity (Wildman–Crippen MR) is 122 cm³/mol. The van der Waals surface area contributed by atoms with Gasteiger partial charge < -0.3 is 10.1 Å². The van der Waals surface area contributed by atoms with Crippen LogP contribution in [0.5, 0.6) is 5.75 Å². The summed E-state index contributed by atoms with van der Waals surface area (Å²) in [5.41, 5.74) is 0.437. The molecule has 2 aliphatic rings. The zero-order valence-corrected chi connectivity index (χ0v) is 18.2. The SMILES string of the molecule is O=C(Nc1ccc(OCCN2CCCCC2)cc1)C1(c2ccccc2F)CCCCC1. The monoisotopic (exact) mass is 424 g/mol. The number of hydrogen-bond acceptors (Lipinski definition) is 3. The lowest BCUT2D eigenvalue weighted by Crippen LogP contribution is -2.42. The van der Waals surface area contributed by atoms with E-state index in [1.54, 1.807) is 12.1 Å². The van der Waals surface area contributed by atoms with Crippen LogP contribution in [0.25, 0.3) is 0 Å². The van der Waals surface area contributed by atoms with E-state index < -0.39 is 5.41 Å². The van der Waals surface area contributed by atoms with Crippen LogP contribution in [0.4, 0.5) is 10.1 Å². The molecule has 4 rings (SSSR count). The van der Waals surface area contributed by atoms with Gasteiger partial charge in [0.2, 0.25) is 5.91 Å². The highest BCUT2D eigenvalue weighted by atomic mass is 19.1. The number of likely N-dealkylation sites (tertiary alicyclic amines) is 1. The fourth-order valence-electron chi connectivity index (χ4n) is 4.98. The van der Waals surface area contributed by atoms with Gasteiger partial charge in [-0.15, -0.1) is 0 Å². The average Bonchev–Trinajstić information content (AvgIpc) is 2.81. The van der Waals surface area contributed by atoms with Crippen molar-refractivity contribution in [3.63, 3.8) is 0 Å². The van der Waals surface area contributed by atoms with Crippen LogP contribution >= 0.6 is 0 Å². The third-order valence-corrected chi connectivity index (χ3v) is 6.77. The number of nitrogens with one attached hydrogen (secondary N) is 1. The van der Waals surface area contributed by atoms with Crippen LogP contribution in [0.2, 0.25) is 0 Å². The lowest BCUT2D eigenvalue weighted by Gasteiger charge is -2.36. The minimum absolute atomic E-state index is 0.115. The Labute approximate surface area is 184 Å². The number of hydrogen-bond donors (Lipinski definition) is 1. The molecular weight excluding hydrogens is 391 g/mol. The maximum absolute atomic E-state index is 14.6. The number of piperidine rings is 1. The molecule has 0 aromatic heterocycles. The van der Waals surface area contributed by atoms with Crippen molar-refractivity contribution in [2.24, 2.45) is 0 Å². The van der Waals surface area contributed by atoms with E-state index >= 15 is 0 Å². The first kappa shape index (κ1) is 21.8. The maximum Gasteiger partial charge on any atom is 0.235 e. The Morgan fingerprint density at radius 2 is 1.61 bits per heavy atom. The van der Waals surface area contributed by atoms with E-state index in [1.165, 1.54) is 25.3 Å². The van der Waals surface area contributed by atoms with E-state index in [0.29, 0.717) is 25.0 Å². The molecule has 0 bridgehead atoms. The van der Waals surface area contributed by atoms with Crippen molar-refractivity contribution in [2.75, 3.05) is 31.6 Å². The summed E-state index contributed by atoms with van der Waals surface area (Å²) >= 11 is 0. The summed E-state index contributed by atoms with van der Waals surface area (Å²) in [6.45, 7) is 3.95. The minimum atomic E-state index is -0.798. The second-order valence-electron chi connectivity index (χ2n) is 8.85. The van der Waals surface area contributed by atoms with Crippen molar-refractivity contribution in [1.29, 1.82) is 0 Å². The number of benzene rings is 2. The van der Waals surface area contributed by atoms with Gasteiger partial charge in [-0.3, -0.25) is 9.69 Å². The van der Waals surface area contributed by atoms with Gasteiger partial charge in [-0.2, -0.15) is 0 Å². The highest BCUT2D eigenvalue weighted by molar-refractivity contribution is 5.99. The first-order chi connectivity index (χ1) is 15.2. The molecule has 0 spiro atoms. The molecule has 31 heavy (non-hydrogen) atoms. The van der Waals surface area contributed by atoms with Crippen molar-refractivity contribution in [3.05, 3.63) is 59.9 Å². The smallest absolute Gasteiger partial charge is 0.235 e. The summed E-state index contributed by atoms with van der Waals surface area (Å²) in [6, 6.07) is 14.2. The van der Waals surface area contributed by atoms with Crippen LogP contribution in [0, 0.1) is 5.82 Å². The van der Waals surface area contributed by atoms with Crippen molar-refractivity contribution in [2.45, 2.75) is 56.8 Å². The van der Waals surface area contributed by atoms with Crippen LogP contribution < -0.4 is 10.1 Å². The highest BCUT2D eigenvalue weighted by Gasteiger charge is 2.42. The van der Waals surface area contributed by atoms with E-state index in [0.717, 1.165) is 50.3 Å². The molecule has 1 aliphatic heterocycles. The summed E-state index contributed by atoms with van der Waals surface area (Å²) in [4.78, 5) is 15.8. The summed E-state index contributed by atoms with van der Waals surface area (Å²) in [5.74, 6) is 0.393. The van der Waals surface area contributed by atoms with Gasteiger partial charge in [0.05, 0.1) is 5.41 Å². The van der Waals surface area contributed by atoms with Crippen LogP contribution in [0.3, 0.4) is 0 Å². The summed E-state index contributed by atoms with van der Waals surface area (Å²) < 4.78 is 20.5. The van der Waals surface area contributed by atoms with Gasteiger partial charge in [0.1, 0.15) is 18.2 Å². The number of rotatable bonds is 7. The molecule has 1 saturated carbocycles. The van der Waals surface area contributed by atoms with E-state index in [1.807, 2.05) is 30.3 Å². The molecule has 1 amide bonds. The number of anilines is 1. The fourth-order valence-corrected chi connectivity index (χ4v) is 4.98. The summed E-state index contributed by atoms with van der Waals surface area (Å²) in [7, 11) is 0. The molecule has 1 N–H and O–H groups in total. The Bertz CT molecular complexity index is 856. The van der Waals surface area contributed by atoms with Crippen molar-refractivity contribution >= 4 is 11.6 Å². The van der Waals surface area contributed by atoms with Crippen LogP contribution in [-0.4, -0.2) is 37.0 Å².